The Bertz CT molecular complexity index is 619. The number of hydrogen-bond donors (Lipinski definition) is 2. The highest BCUT2D eigenvalue weighted by atomic mass is 35.5. The van der Waals surface area contributed by atoms with E-state index in [1.54, 1.807) is 25.3 Å². The van der Waals surface area contributed by atoms with Crippen molar-refractivity contribution in [2.24, 2.45) is 5.10 Å². The molecule has 0 saturated heterocycles. The summed E-state index contributed by atoms with van der Waals surface area (Å²) < 4.78 is 0. The SMILES string of the molecule is Cc1cc(=O)[nH]c(N/N=C\c2ccc(Cl)cc2)n1. The minimum Gasteiger partial charge on any atom is -0.291 e. The molecule has 1 heterocycles. The molecule has 2 rings (SSSR count). The standard InChI is InChI=1S/C12H11ClN4O/c1-8-6-11(18)16-12(15-8)17-14-7-9-2-4-10(13)5-3-9/h2-7H,1H3,(H2,15,16,17,18)/b14-7-. The van der Waals surface area contributed by atoms with Crippen molar-refractivity contribution in [2.75, 3.05) is 5.43 Å². The number of benzene rings is 1. The predicted octanol–water partition coefficient (Wildman–Crippen LogP) is 2.18. The van der Waals surface area contributed by atoms with Crippen molar-refractivity contribution in [2.45, 2.75) is 6.92 Å². The van der Waals surface area contributed by atoms with Gasteiger partial charge in [0.1, 0.15) is 0 Å². The van der Waals surface area contributed by atoms with E-state index in [9.17, 15) is 4.79 Å². The maximum absolute atomic E-state index is 11.2. The van der Waals surface area contributed by atoms with Gasteiger partial charge in [-0.05, 0) is 24.6 Å². The van der Waals surface area contributed by atoms with Gasteiger partial charge in [0.2, 0.25) is 5.95 Å². The number of nitrogens with zero attached hydrogens (tertiary/aromatic N) is 2. The Labute approximate surface area is 109 Å². The summed E-state index contributed by atoms with van der Waals surface area (Å²) in [5, 5.41) is 4.64. The lowest BCUT2D eigenvalue weighted by Crippen LogP contribution is -2.10. The first-order valence-electron chi connectivity index (χ1n) is 5.26. The van der Waals surface area contributed by atoms with E-state index in [4.69, 9.17) is 11.6 Å². The molecule has 0 saturated carbocycles. The third-order valence-corrected chi connectivity index (χ3v) is 2.38. The second-order valence-corrected chi connectivity index (χ2v) is 4.09. The number of rotatable bonds is 3. The van der Waals surface area contributed by atoms with Gasteiger partial charge >= 0.3 is 0 Å². The molecule has 0 aliphatic rings. The first-order valence-corrected chi connectivity index (χ1v) is 5.64. The van der Waals surface area contributed by atoms with Crippen LogP contribution < -0.4 is 11.0 Å². The Morgan fingerprint density at radius 3 is 2.78 bits per heavy atom. The number of anilines is 1. The van der Waals surface area contributed by atoms with E-state index in [-0.39, 0.29) is 5.56 Å². The number of hydrogen-bond acceptors (Lipinski definition) is 4. The van der Waals surface area contributed by atoms with Crippen LogP contribution in [0.1, 0.15) is 11.3 Å². The molecule has 0 aliphatic heterocycles. The maximum Gasteiger partial charge on any atom is 0.252 e. The number of hydrazone groups is 1. The highest BCUT2D eigenvalue weighted by molar-refractivity contribution is 6.30. The summed E-state index contributed by atoms with van der Waals surface area (Å²) in [5.41, 5.74) is 3.96. The summed E-state index contributed by atoms with van der Waals surface area (Å²) in [6.45, 7) is 1.74. The summed E-state index contributed by atoms with van der Waals surface area (Å²) >= 11 is 5.77. The molecule has 0 radical (unpaired) electrons. The fourth-order valence-electron chi connectivity index (χ4n) is 1.35. The van der Waals surface area contributed by atoms with Crippen LogP contribution in [0.3, 0.4) is 0 Å². The van der Waals surface area contributed by atoms with E-state index in [0.717, 1.165) is 5.56 Å². The van der Waals surface area contributed by atoms with Crippen molar-refractivity contribution in [3.05, 3.63) is 57.0 Å². The van der Waals surface area contributed by atoms with Crippen LogP contribution in [-0.4, -0.2) is 16.2 Å². The molecule has 0 spiro atoms. The maximum atomic E-state index is 11.2. The van der Waals surface area contributed by atoms with Crippen LogP contribution in [0, 0.1) is 6.92 Å². The van der Waals surface area contributed by atoms with Crippen LogP contribution in [0.15, 0.2) is 40.2 Å². The molecule has 0 aliphatic carbocycles. The van der Waals surface area contributed by atoms with Crippen LogP contribution in [0.5, 0.6) is 0 Å². The first kappa shape index (κ1) is 12.3. The average Bonchev–Trinajstić information content (AvgIpc) is 2.30. The monoisotopic (exact) mass is 262 g/mol. The van der Waals surface area contributed by atoms with Crippen molar-refractivity contribution in [1.82, 2.24) is 9.97 Å². The quantitative estimate of drug-likeness (QED) is 0.658. The van der Waals surface area contributed by atoms with Crippen LogP contribution >= 0.6 is 11.6 Å². The normalized spacial score (nSPS) is 10.8. The summed E-state index contributed by atoms with van der Waals surface area (Å²) in [7, 11) is 0. The molecule has 1 aromatic carbocycles. The Hall–Kier alpha value is -2.14. The Morgan fingerprint density at radius 2 is 2.11 bits per heavy atom. The Balaban J connectivity index is 2.07. The molecular weight excluding hydrogens is 252 g/mol. The fraction of sp³-hybridized carbons (Fsp3) is 0.0833. The smallest absolute Gasteiger partial charge is 0.252 e. The Kier molecular flexibility index (Phi) is 3.74. The number of halogens is 1. The van der Waals surface area contributed by atoms with E-state index >= 15 is 0 Å². The lowest BCUT2D eigenvalue weighted by molar-refractivity contribution is 1.04. The number of H-pyrrole nitrogens is 1. The molecule has 92 valence electrons. The number of aryl methyl sites for hydroxylation is 1. The summed E-state index contributed by atoms with van der Waals surface area (Å²) in [4.78, 5) is 17.8. The summed E-state index contributed by atoms with van der Waals surface area (Å²) in [6, 6.07) is 8.62. The van der Waals surface area contributed by atoms with Crippen LogP contribution in [0.4, 0.5) is 5.95 Å². The third kappa shape index (κ3) is 3.43. The van der Waals surface area contributed by atoms with Gasteiger partial charge in [0.05, 0.1) is 6.21 Å². The first-order chi connectivity index (χ1) is 8.63. The highest BCUT2D eigenvalue weighted by Crippen LogP contribution is 2.07. The molecule has 0 fully saturated rings. The zero-order chi connectivity index (χ0) is 13.0. The third-order valence-electron chi connectivity index (χ3n) is 2.12. The van der Waals surface area contributed by atoms with E-state index in [0.29, 0.717) is 16.7 Å². The van der Waals surface area contributed by atoms with E-state index in [1.807, 2.05) is 12.1 Å². The van der Waals surface area contributed by atoms with Crippen LogP contribution in [-0.2, 0) is 0 Å². The molecular formula is C12H11ClN4O. The summed E-state index contributed by atoms with van der Waals surface area (Å²) in [5.74, 6) is 0.310. The molecule has 0 unspecified atom stereocenters. The van der Waals surface area contributed by atoms with Crippen LogP contribution in [0.25, 0.3) is 0 Å². The summed E-state index contributed by atoms with van der Waals surface area (Å²) in [6.07, 6.45) is 1.61. The second kappa shape index (κ2) is 5.46. The molecule has 2 N–H and O–H groups in total. The largest absolute Gasteiger partial charge is 0.291 e. The van der Waals surface area contributed by atoms with Crippen LogP contribution in [0.2, 0.25) is 5.02 Å². The highest BCUT2D eigenvalue weighted by Gasteiger charge is 1.95. The average molecular weight is 263 g/mol. The topological polar surface area (TPSA) is 70.1 Å². The molecule has 6 heteroatoms. The van der Waals surface area contributed by atoms with Crippen molar-refractivity contribution >= 4 is 23.8 Å². The van der Waals surface area contributed by atoms with Crippen molar-refractivity contribution in [1.29, 1.82) is 0 Å². The second-order valence-electron chi connectivity index (χ2n) is 3.66. The van der Waals surface area contributed by atoms with Gasteiger partial charge in [-0.3, -0.25) is 9.78 Å². The molecule has 0 amide bonds. The molecule has 0 bridgehead atoms. The van der Waals surface area contributed by atoms with E-state index < -0.39 is 0 Å². The number of nitrogens with one attached hydrogen (secondary N) is 2. The van der Waals surface area contributed by atoms with Gasteiger partial charge in [0.25, 0.3) is 5.56 Å². The fourth-order valence-corrected chi connectivity index (χ4v) is 1.47. The van der Waals surface area contributed by atoms with Gasteiger partial charge in [-0.25, -0.2) is 10.4 Å². The van der Waals surface area contributed by atoms with Crippen molar-refractivity contribution in [3.8, 4) is 0 Å². The minimum atomic E-state index is -0.216. The number of aromatic nitrogens is 2. The van der Waals surface area contributed by atoms with Gasteiger partial charge in [0, 0.05) is 16.8 Å². The molecule has 18 heavy (non-hydrogen) atoms. The predicted molar refractivity (Wildman–Crippen MR) is 72.3 cm³/mol. The zero-order valence-corrected chi connectivity index (χ0v) is 10.4. The van der Waals surface area contributed by atoms with E-state index in [2.05, 4.69) is 20.5 Å². The molecule has 1 aromatic heterocycles. The lowest BCUT2D eigenvalue weighted by Gasteiger charge is -1.99. The van der Waals surface area contributed by atoms with Crippen molar-refractivity contribution < 1.29 is 0 Å². The van der Waals surface area contributed by atoms with E-state index in [1.165, 1.54) is 6.07 Å². The molecule has 2 aromatic rings. The van der Waals surface area contributed by atoms with Gasteiger partial charge < -0.3 is 0 Å². The number of aromatic amines is 1. The van der Waals surface area contributed by atoms with Gasteiger partial charge in [0.15, 0.2) is 0 Å². The zero-order valence-electron chi connectivity index (χ0n) is 9.64. The Morgan fingerprint density at radius 1 is 1.39 bits per heavy atom. The molecule has 0 atom stereocenters. The minimum absolute atomic E-state index is 0.216. The van der Waals surface area contributed by atoms with Gasteiger partial charge in [-0.1, -0.05) is 23.7 Å². The van der Waals surface area contributed by atoms with Crippen molar-refractivity contribution in [3.63, 3.8) is 0 Å². The lowest BCUT2D eigenvalue weighted by atomic mass is 10.2. The van der Waals surface area contributed by atoms with Gasteiger partial charge in [-0.15, -0.1) is 0 Å². The molecule has 5 nitrogen and oxygen atoms in total. The van der Waals surface area contributed by atoms with Gasteiger partial charge in [-0.2, -0.15) is 5.10 Å².